The highest BCUT2D eigenvalue weighted by molar-refractivity contribution is 5.67. The summed E-state index contributed by atoms with van der Waals surface area (Å²) in [6.07, 6.45) is 11.2. The molecule has 5 nitrogen and oxygen atoms in total. The molecule has 0 unspecified atom stereocenters. The van der Waals surface area contributed by atoms with E-state index in [1.165, 1.54) is 25.7 Å². The summed E-state index contributed by atoms with van der Waals surface area (Å²) >= 11 is 0. The van der Waals surface area contributed by atoms with Crippen LogP contribution in [0.2, 0.25) is 0 Å². The summed E-state index contributed by atoms with van der Waals surface area (Å²) in [6, 6.07) is 0.344. The lowest BCUT2D eigenvalue weighted by Gasteiger charge is -2.64. The molecule has 10 atom stereocenters. The van der Waals surface area contributed by atoms with Crippen molar-refractivity contribution in [3.63, 3.8) is 0 Å². The Bertz CT molecular complexity index is 710. The van der Waals surface area contributed by atoms with Gasteiger partial charge in [-0.3, -0.25) is 0 Å². The lowest BCUT2D eigenvalue weighted by molar-refractivity contribution is -0.202. The molecule has 0 aromatic heterocycles. The van der Waals surface area contributed by atoms with Gasteiger partial charge in [0.25, 0.3) is 0 Å². The van der Waals surface area contributed by atoms with E-state index in [0.29, 0.717) is 48.2 Å². The van der Waals surface area contributed by atoms with Gasteiger partial charge in [0.15, 0.2) is 0 Å². The molecule has 1 amide bonds. The minimum absolute atomic E-state index is 0.187. The Kier molecular flexibility index (Phi) is 6.06. The Morgan fingerprint density at radius 3 is 2.41 bits per heavy atom. The highest BCUT2D eigenvalue weighted by Gasteiger charge is 2.64. The SMILES string of the molecule is CC[C@H]1[C@@H](O)[C@@H]2[C@H](CC[C@]3(C)[C@@H](CCOC(=O)NC4CC4)CC[C@@H]23)[C@@]2(C)CC[C@@H](O)C[C@@H]12. The summed E-state index contributed by atoms with van der Waals surface area (Å²) in [5.74, 6) is 2.88. The van der Waals surface area contributed by atoms with Crippen molar-refractivity contribution in [2.75, 3.05) is 6.61 Å². The van der Waals surface area contributed by atoms with Crippen LogP contribution >= 0.6 is 0 Å². The number of hydrogen-bond acceptors (Lipinski definition) is 4. The van der Waals surface area contributed by atoms with E-state index < -0.39 is 0 Å². The van der Waals surface area contributed by atoms with Crippen molar-refractivity contribution in [2.45, 2.75) is 110 Å². The Balaban J connectivity index is 1.30. The molecule has 5 heteroatoms. The molecule has 0 aliphatic heterocycles. The van der Waals surface area contributed by atoms with E-state index >= 15 is 0 Å². The number of aliphatic hydroxyl groups excluding tert-OH is 2. The van der Waals surface area contributed by atoms with Gasteiger partial charge in [0, 0.05) is 6.04 Å². The van der Waals surface area contributed by atoms with Crippen molar-refractivity contribution < 1.29 is 19.7 Å². The second kappa shape index (κ2) is 8.45. The normalized spacial score (nSPS) is 50.2. The third-order valence-electron chi connectivity index (χ3n) is 11.2. The predicted octanol–water partition coefficient (Wildman–Crippen LogP) is 4.89. The summed E-state index contributed by atoms with van der Waals surface area (Å²) in [6.45, 7) is 7.72. The molecule has 0 heterocycles. The molecule has 5 rings (SSSR count). The van der Waals surface area contributed by atoms with E-state index in [-0.39, 0.29) is 29.1 Å². The van der Waals surface area contributed by atoms with Crippen LogP contribution in [0.4, 0.5) is 4.79 Å². The van der Waals surface area contributed by atoms with Crippen molar-refractivity contribution in [1.29, 1.82) is 0 Å². The smallest absolute Gasteiger partial charge is 0.407 e. The molecule has 5 aliphatic rings. The van der Waals surface area contributed by atoms with Crippen molar-refractivity contribution in [3.8, 4) is 0 Å². The van der Waals surface area contributed by atoms with E-state index in [4.69, 9.17) is 4.74 Å². The molecule has 5 saturated carbocycles. The summed E-state index contributed by atoms with van der Waals surface area (Å²) in [7, 11) is 0. The summed E-state index contributed by atoms with van der Waals surface area (Å²) in [5, 5.41) is 25.1. The summed E-state index contributed by atoms with van der Waals surface area (Å²) in [4.78, 5) is 11.9. The van der Waals surface area contributed by atoms with E-state index in [1.54, 1.807) is 0 Å². The van der Waals surface area contributed by atoms with Gasteiger partial charge in [-0.15, -0.1) is 0 Å². The number of carbonyl (C=O) groups excluding carboxylic acids is 1. The first-order chi connectivity index (χ1) is 15.3. The molecule has 0 bridgehead atoms. The third kappa shape index (κ3) is 3.70. The molecule has 5 aliphatic carbocycles. The maximum atomic E-state index is 11.9. The first kappa shape index (κ1) is 23.0. The van der Waals surface area contributed by atoms with Gasteiger partial charge in [-0.2, -0.15) is 0 Å². The van der Waals surface area contributed by atoms with Crippen LogP contribution in [-0.4, -0.2) is 41.2 Å². The molecular formula is C27H45NO4. The number of fused-ring (bicyclic) bond motifs is 5. The third-order valence-corrected chi connectivity index (χ3v) is 11.2. The number of aliphatic hydroxyl groups is 2. The second-order valence-corrected chi connectivity index (χ2v) is 12.6. The van der Waals surface area contributed by atoms with Crippen LogP contribution in [0, 0.1) is 46.3 Å². The molecule has 0 radical (unpaired) electrons. The minimum Gasteiger partial charge on any atom is -0.450 e. The Hall–Kier alpha value is -0.810. The first-order valence-corrected chi connectivity index (χ1v) is 13.6. The van der Waals surface area contributed by atoms with Gasteiger partial charge in [-0.1, -0.05) is 27.2 Å². The Morgan fingerprint density at radius 2 is 1.69 bits per heavy atom. The number of ether oxygens (including phenoxy) is 1. The van der Waals surface area contributed by atoms with Gasteiger partial charge in [-0.05, 0) is 111 Å². The lowest BCUT2D eigenvalue weighted by Crippen LogP contribution is -2.62. The quantitative estimate of drug-likeness (QED) is 0.561. The van der Waals surface area contributed by atoms with Crippen molar-refractivity contribution >= 4 is 6.09 Å². The molecule has 3 N–H and O–H groups in total. The minimum atomic E-state index is -0.247. The van der Waals surface area contributed by atoms with Crippen LogP contribution in [0.15, 0.2) is 0 Å². The predicted molar refractivity (Wildman–Crippen MR) is 124 cm³/mol. The van der Waals surface area contributed by atoms with Gasteiger partial charge in [0.2, 0.25) is 0 Å². The topological polar surface area (TPSA) is 78.8 Å². The first-order valence-electron chi connectivity index (χ1n) is 13.6. The number of alkyl carbamates (subject to hydrolysis) is 1. The van der Waals surface area contributed by atoms with Crippen LogP contribution in [-0.2, 0) is 4.74 Å². The van der Waals surface area contributed by atoms with Gasteiger partial charge < -0.3 is 20.3 Å². The summed E-state index contributed by atoms with van der Waals surface area (Å²) in [5.41, 5.74) is 0.501. The maximum absolute atomic E-state index is 11.9. The molecule has 32 heavy (non-hydrogen) atoms. The number of hydrogen-bond donors (Lipinski definition) is 3. The van der Waals surface area contributed by atoms with Crippen LogP contribution in [0.3, 0.4) is 0 Å². The fourth-order valence-corrected chi connectivity index (χ4v) is 9.27. The highest BCUT2D eigenvalue weighted by Crippen LogP contribution is 2.69. The number of nitrogens with one attached hydrogen (secondary N) is 1. The Labute approximate surface area is 194 Å². The zero-order chi connectivity index (χ0) is 22.7. The fraction of sp³-hybridized carbons (Fsp3) is 0.963. The monoisotopic (exact) mass is 447 g/mol. The molecule has 0 spiro atoms. The zero-order valence-electron chi connectivity index (χ0n) is 20.4. The molecule has 182 valence electrons. The van der Waals surface area contributed by atoms with Gasteiger partial charge in [0.1, 0.15) is 0 Å². The van der Waals surface area contributed by atoms with Crippen molar-refractivity contribution in [2.24, 2.45) is 46.3 Å². The van der Waals surface area contributed by atoms with Crippen molar-refractivity contribution in [1.82, 2.24) is 5.32 Å². The van der Waals surface area contributed by atoms with Gasteiger partial charge >= 0.3 is 6.09 Å². The molecule has 0 aromatic carbocycles. The van der Waals surface area contributed by atoms with E-state index in [1.807, 2.05) is 0 Å². The fourth-order valence-electron chi connectivity index (χ4n) is 9.27. The molecule has 5 fully saturated rings. The lowest BCUT2D eigenvalue weighted by atomic mass is 9.41. The van der Waals surface area contributed by atoms with E-state index in [2.05, 4.69) is 26.1 Å². The number of rotatable bonds is 5. The average molecular weight is 448 g/mol. The van der Waals surface area contributed by atoms with Crippen LogP contribution < -0.4 is 5.32 Å². The Morgan fingerprint density at radius 1 is 0.969 bits per heavy atom. The maximum Gasteiger partial charge on any atom is 0.407 e. The molecule has 0 aromatic rings. The second-order valence-electron chi connectivity index (χ2n) is 12.6. The number of carbonyl (C=O) groups is 1. The molecule has 0 saturated heterocycles. The van der Waals surface area contributed by atoms with Crippen LogP contribution in [0.25, 0.3) is 0 Å². The zero-order valence-corrected chi connectivity index (χ0v) is 20.4. The van der Waals surface area contributed by atoms with Gasteiger partial charge in [-0.25, -0.2) is 4.79 Å². The highest BCUT2D eigenvalue weighted by atomic mass is 16.5. The standard InChI is InChI=1S/C27H45NO4/c1-4-19-22-15-18(29)9-12-27(22,3)21-10-13-26(2)16(5-8-20(26)23(21)24(19)30)11-14-32-25(31)28-17-6-7-17/h16-24,29-30H,4-15H2,1-3H3,(H,28,31)/t16-,18-,19-,20+,21+,22+,23+,24-,26-,27-/m1/s1. The summed E-state index contributed by atoms with van der Waals surface area (Å²) < 4.78 is 5.52. The average Bonchev–Trinajstić information content (AvgIpc) is 3.50. The van der Waals surface area contributed by atoms with Gasteiger partial charge in [0.05, 0.1) is 18.8 Å². The van der Waals surface area contributed by atoms with E-state index in [9.17, 15) is 15.0 Å². The van der Waals surface area contributed by atoms with E-state index in [0.717, 1.165) is 44.9 Å². The largest absolute Gasteiger partial charge is 0.450 e. The van der Waals surface area contributed by atoms with Crippen LogP contribution in [0.5, 0.6) is 0 Å². The molecular weight excluding hydrogens is 402 g/mol. The van der Waals surface area contributed by atoms with Crippen molar-refractivity contribution in [3.05, 3.63) is 0 Å². The van der Waals surface area contributed by atoms with Crippen LogP contribution in [0.1, 0.15) is 91.4 Å². The number of amides is 1.